The first-order chi connectivity index (χ1) is 6.15. The van der Waals surface area contributed by atoms with Gasteiger partial charge >= 0.3 is 0 Å². The van der Waals surface area contributed by atoms with Crippen molar-refractivity contribution >= 4 is 12.0 Å². The average molecular weight is 179 g/mol. The van der Waals surface area contributed by atoms with Gasteiger partial charge in [0.25, 0.3) is 0 Å². The summed E-state index contributed by atoms with van der Waals surface area (Å²) >= 11 is 0. The molecule has 0 saturated carbocycles. The fourth-order valence-electron chi connectivity index (χ4n) is 1.19. The molecule has 4 nitrogen and oxygen atoms in total. The van der Waals surface area contributed by atoms with Crippen molar-refractivity contribution in [3.8, 4) is 0 Å². The Bertz CT molecular complexity index is 321. The molecule has 0 fully saturated rings. The zero-order valence-electron chi connectivity index (χ0n) is 8.02. The van der Waals surface area contributed by atoms with Gasteiger partial charge in [-0.25, -0.2) is 4.98 Å². The monoisotopic (exact) mass is 179 g/mol. The minimum atomic E-state index is 0.797. The highest BCUT2D eigenvalue weighted by atomic mass is 16.4. The molecule has 0 aromatic carbocycles. The molecule has 0 unspecified atom stereocenters. The lowest BCUT2D eigenvalue weighted by Crippen LogP contribution is -2.12. The third-order valence-electron chi connectivity index (χ3n) is 1.70. The number of hydrogen-bond acceptors (Lipinski definition) is 4. The molecular formula is C9H13N3O. The lowest BCUT2D eigenvalue weighted by Gasteiger charge is -2.13. The second kappa shape index (κ2) is 3.89. The van der Waals surface area contributed by atoms with Gasteiger partial charge in [0.15, 0.2) is 0 Å². The Labute approximate surface area is 77.5 Å². The highest BCUT2D eigenvalue weighted by Gasteiger charge is 2.01. The molecule has 1 aromatic rings. The van der Waals surface area contributed by atoms with Gasteiger partial charge in [0.1, 0.15) is 5.82 Å². The molecule has 1 rings (SSSR count). The van der Waals surface area contributed by atoms with E-state index >= 15 is 0 Å². The van der Waals surface area contributed by atoms with Crippen molar-refractivity contribution in [1.82, 2.24) is 4.98 Å². The highest BCUT2D eigenvalue weighted by molar-refractivity contribution is 5.79. The maximum Gasteiger partial charge on any atom is 0.130 e. The average Bonchev–Trinajstić information content (AvgIpc) is 2.04. The summed E-state index contributed by atoms with van der Waals surface area (Å²) in [6, 6.07) is 1.92. The van der Waals surface area contributed by atoms with Crippen molar-refractivity contribution in [2.24, 2.45) is 5.16 Å². The van der Waals surface area contributed by atoms with Crippen LogP contribution in [0.1, 0.15) is 11.1 Å². The first-order valence-corrected chi connectivity index (χ1v) is 3.96. The Morgan fingerprint density at radius 1 is 1.54 bits per heavy atom. The van der Waals surface area contributed by atoms with Crippen LogP contribution in [0.15, 0.2) is 17.4 Å². The van der Waals surface area contributed by atoms with Crippen LogP contribution in [-0.4, -0.2) is 30.5 Å². The molecule has 70 valence electrons. The smallest absolute Gasteiger partial charge is 0.130 e. The number of rotatable bonds is 2. The molecule has 0 aliphatic carbocycles. The van der Waals surface area contributed by atoms with E-state index in [-0.39, 0.29) is 0 Å². The molecule has 0 aliphatic rings. The van der Waals surface area contributed by atoms with Crippen LogP contribution in [0.2, 0.25) is 0 Å². The van der Waals surface area contributed by atoms with Crippen LogP contribution in [-0.2, 0) is 0 Å². The van der Waals surface area contributed by atoms with Crippen LogP contribution in [0, 0.1) is 6.92 Å². The minimum Gasteiger partial charge on any atom is -0.411 e. The Morgan fingerprint density at radius 3 is 2.69 bits per heavy atom. The van der Waals surface area contributed by atoms with E-state index < -0.39 is 0 Å². The van der Waals surface area contributed by atoms with E-state index in [9.17, 15) is 0 Å². The summed E-state index contributed by atoms with van der Waals surface area (Å²) in [5, 5.41) is 11.3. The van der Waals surface area contributed by atoms with Gasteiger partial charge in [0.05, 0.1) is 6.21 Å². The molecular weight excluding hydrogens is 166 g/mol. The van der Waals surface area contributed by atoms with E-state index in [0.29, 0.717) is 0 Å². The number of hydrogen-bond donors (Lipinski definition) is 1. The van der Waals surface area contributed by atoms with Crippen LogP contribution in [0.25, 0.3) is 0 Å². The van der Waals surface area contributed by atoms with Gasteiger partial charge in [-0.1, -0.05) is 5.16 Å². The number of anilines is 1. The predicted molar refractivity (Wildman–Crippen MR) is 52.7 cm³/mol. The zero-order valence-corrected chi connectivity index (χ0v) is 8.02. The summed E-state index contributed by atoms with van der Waals surface area (Å²) in [4.78, 5) is 6.16. The van der Waals surface area contributed by atoms with E-state index in [0.717, 1.165) is 16.9 Å². The fraction of sp³-hybridized carbons (Fsp3) is 0.333. The minimum absolute atomic E-state index is 0.797. The van der Waals surface area contributed by atoms with E-state index in [4.69, 9.17) is 5.21 Å². The SMILES string of the molecule is Cc1cc(C=NO)cnc1N(C)C. The number of aryl methyl sites for hydroxylation is 1. The molecule has 0 aliphatic heterocycles. The second-order valence-electron chi connectivity index (χ2n) is 3.05. The third kappa shape index (κ3) is 2.18. The first-order valence-electron chi connectivity index (χ1n) is 3.96. The van der Waals surface area contributed by atoms with E-state index in [1.165, 1.54) is 6.21 Å². The summed E-state index contributed by atoms with van der Waals surface area (Å²) in [5.74, 6) is 0.926. The summed E-state index contributed by atoms with van der Waals surface area (Å²) in [6.45, 7) is 1.97. The fourth-order valence-corrected chi connectivity index (χ4v) is 1.19. The topological polar surface area (TPSA) is 48.7 Å². The molecule has 1 N–H and O–H groups in total. The molecule has 0 saturated heterocycles. The number of oxime groups is 1. The number of aromatic nitrogens is 1. The quantitative estimate of drug-likeness (QED) is 0.422. The van der Waals surface area contributed by atoms with Crippen LogP contribution >= 0.6 is 0 Å². The molecule has 1 heterocycles. The summed E-state index contributed by atoms with van der Waals surface area (Å²) in [6.07, 6.45) is 3.03. The van der Waals surface area contributed by atoms with E-state index in [1.54, 1.807) is 6.20 Å². The van der Waals surface area contributed by atoms with Gasteiger partial charge in [-0.05, 0) is 18.6 Å². The van der Waals surface area contributed by atoms with Crippen molar-refractivity contribution in [1.29, 1.82) is 0 Å². The third-order valence-corrected chi connectivity index (χ3v) is 1.70. The molecule has 0 bridgehead atoms. The van der Waals surface area contributed by atoms with Gasteiger partial charge < -0.3 is 10.1 Å². The van der Waals surface area contributed by atoms with Crippen molar-refractivity contribution in [3.63, 3.8) is 0 Å². The molecule has 13 heavy (non-hydrogen) atoms. The van der Waals surface area contributed by atoms with Crippen LogP contribution in [0.5, 0.6) is 0 Å². The van der Waals surface area contributed by atoms with Crippen molar-refractivity contribution in [2.45, 2.75) is 6.92 Å². The van der Waals surface area contributed by atoms with Crippen LogP contribution in [0.3, 0.4) is 0 Å². The predicted octanol–water partition coefficient (Wildman–Crippen LogP) is 1.26. The van der Waals surface area contributed by atoms with Crippen molar-refractivity contribution in [2.75, 3.05) is 19.0 Å². The highest BCUT2D eigenvalue weighted by Crippen LogP contribution is 2.14. The lowest BCUT2D eigenvalue weighted by atomic mass is 10.2. The first kappa shape index (κ1) is 9.51. The molecule has 0 spiro atoms. The van der Waals surface area contributed by atoms with Crippen LogP contribution < -0.4 is 4.90 Å². The van der Waals surface area contributed by atoms with Gasteiger partial charge in [-0.2, -0.15) is 0 Å². The van der Waals surface area contributed by atoms with E-state index in [1.807, 2.05) is 32.0 Å². The maximum atomic E-state index is 8.32. The Hall–Kier alpha value is -1.58. The van der Waals surface area contributed by atoms with Gasteiger partial charge in [-0.3, -0.25) is 0 Å². The van der Waals surface area contributed by atoms with Gasteiger partial charge in [0.2, 0.25) is 0 Å². The molecule has 0 atom stereocenters. The second-order valence-corrected chi connectivity index (χ2v) is 3.05. The summed E-state index contributed by atoms with van der Waals surface area (Å²) in [7, 11) is 3.88. The molecule has 1 aromatic heterocycles. The Morgan fingerprint density at radius 2 is 2.23 bits per heavy atom. The summed E-state index contributed by atoms with van der Waals surface area (Å²) in [5.41, 5.74) is 1.85. The van der Waals surface area contributed by atoms with E-state index in [2.05, 4.69) is 10.1 Å². The molecule has 0 amide bonds. The summed E-state index contributed by atoms with van der Waals surface area (Å²) < 4.78 is 0. The normalized spacial score (nSPS) is 10.7. The zero-order chi connectivity index (χ0) is 9.84. The standard InChI is InChI=1S/C9H13N3O/c1-7-4-8(6-11-13)5-10-9(7)12(2)3/h4-6,13H,1-3H3. The number of nitrogens with zero attached hydrogens (tertiary/aromatic N) is 3. The largest absolute Gasteiger partial charge is 0.411 e. The number of pyridine rings is 1. The van der Waals surface area contributed by atoms with Gasteiger partial charge in [-0.15, -0.1) is 0 Å². The van der Waals surface area contributed by atoms with Gasteiger partial charge in [0, 0.05) is 25.9 Å². The van der Waals surface area contributed by atoms with Crippen LogP contribution in [0.4, 0.5) is 5.82 Å². The Balaban J connectivity index is 3.05. The lowest BCUT2D eigenvalue weighted by molar-refractivity contribution is 0.322. The molecule has 0 radical (unpaired) electrons. The molecule has 4 heteroatoms. The van der Waals surface area contributed by atoms with Crippen molar-refractivity contribution in [3.05, 3.63) is 23.4 Å². The van der Waals surface area contributed by atoms with Crippen molar-refractivity contribution < 1.29 is 5.21 Å². The Kier molecular flexibility index (Phi) is 2.84. The maximum absolute atomic E-state index is 8.32.